The van der Waals surface area contributed by atoms with Gasteiger partial charge in [0.15, 0.2) is 5.13 Å². The minimum Gasteiger partial charge on any atom is -0.481 e. The lowest BCUT2D eigenvalue weighted by Gasteiger charge is -2.25. The van der Waals surface area contributed by atoms with Crippen molar-refractivity contribution in [2.45, 2.75) is 31.3 Å². The number of likely N-dealkylation sites (N-methyl/N-ethyl adjacent to an activating group) is 1. The summed E-state index contributed by atoms with van der Waals surface area (Å²) in [5.41, 5.74) is 6.96. The number of anilines is 1. The minimum absolute atomic E-state index is 0.0405. The summed E-state index contributed by atoms with van der Waals surface area (Å²) in [7, 11) is 1.92. The number of nitrogen functional groups attached to an aromatic ring is 1. The van der Waals surface area contributed by atoms with E-state index in [1.54, 1.807) is 12.1 Å². The van der Waals surface area contributed by atoms with Gasteiger partial charge in [0.1, 0.15) is 0 Å². The maximum Gasteiger partial charge on any atom is 0.304 e. The molecule has 2 atom stereocenters. The minimum atomic E-state index is -0.785. The number of likely N-dealkylation sites (tertiary alicyclic amines) is 1. The summed E-state index contributed by atoms with van der Waals surface area (Å²) in [4.78, 5) is 29.4. The number of hydrogen-bond donors (Lipinski definition) is 3. The van der Waals surface area contributed by atoms with Crippen molar-refractivity contribution in [3.05, 3.63) is 23.8 Å². The number of rotatable bonds is 5. The highest BCUT2D eigenvalue weighted by Gasteiger charge is 2.31. The van der Waals surface area contributed by atoms with Gasteiger partial charge < -0.3 is 16.2 Å². The molecule has 0 aliphatic carbocycles. The molecular weight excluding hydrogens is 328 g/mol. The van der Waals surface area contributed by atoms with Gasteiger partial charge in [0, 0.05) is 24.2 Å². The molecule has 8 heteroatoms. The van der Waals surface area contributed by atoms with Gasteiger partial charge in [-0.3, -0.25) is 14.5 Å². The van der Waals surface area contributed by atoms with E-state index in [0.29, 0.717) is 17.2 Å². The molecule has 1 aliphatic heterocycles. The first-order valence-corrected chi connectivity index (χ1v) is 8.63. The van der Waals surface area contributed by atoms with Crippen LogP contribution in [-0.4, -0.2) is 52.5 Å². The number of nitrogens with zero attached hydrogens (tertiary/aromatic N) is 2. The van der Waals surface area contributed by atoms with Gasteiger partial charge in [-0.05, 0) is 38.1 Å². The predicted octanol–water partition coefficient (Wildman–Crippen LogP) is 1.55. The van der Waals surface area contributed by atoms with Crippen molar-refractivity contribution in [3.63, 3.8) is 0 Å². The van der Waals surface area contributed by atoms with Gasteiger partial charge in [0.25, 0.3) is 5.91 Å². The van der Waals surface area contributed by atoms with Gasteiger partial charge in [-0.1, -0.05) is 11.3 Å². The van der Waals surface area contributed by atoms with Gasteiger partial charge in [0.2, 0.25) is 0 Å². The molecule has 1 aromatic heterocycles. The van der Waals surface area contributed by atoms with E-state index in [-0.39, 0.29) is 24.4 Å². The number of carboxylic acids is 1. The van der Waals surface area contributed by atoms with Gasteiger partial charge in [-0.25, -0.2) is 4.98 Å². The summed E-state index contributed by atoms with van der Waals surface area (Å²) in [6.07, 6.45) is 1.87. The van der Waals surface area contributed by atoms with Crippen LogP contribution in [0, 0.1) is 0 Å². The van der Waals surface area contributed by atoms with Crippen LogP contribution in [0.2, 0.25) is 0 Å². The fourth-order valence-corrected chi connectivity index (χ4v) is 3.90. The van der Waals surface area contributed by atoms with Crippen LogP contribution in [-0.2, 0) is 4.79 Å². The number of carbonyl (C=O) groups is 2. The summed E-state index contributed by atoms with van der Waals surface area (Å²) in [6, 6.07) is 5.56. The van der Waals surface area contributed by atoms with Crippen molar-refractivity contribution in [1.29, 1.82) is 0 Å². The molecule has 2 heterocycles. The maximum atomic E-state index is 12.3. The first kappa shape index (κ1) is 16.7. The summed E-state index contributed by atoms with van der Waals surface area (Å²) in [5, 5.41) is 12.3. The molecule has 1 fully saturated rings. The second kappa shape index (κ2) is 6.74. The molecule has 24 heavy (non-hydrogen) atoms. The molecule has 1 aliphatic rings. The molecule has 1 aromatic carbocycles. The van der Waals surface area contributed by atoms with Crippen LogP contribution < -0.4 is 11.1 Å². The molecule has 0 radical (unpaired) electrons. The number of nitrogens with two attached hydrogens (primary N) is 1. The Morgan fingerprint density at radius 1 is 1.42 bits per heavy atom. The molecule has 0 bridgehead atoms. The van der Waals surface area contributed by atoms with Crippen LogP contribution in [0.15, 0.2) is 18.2 Å². The number of benzene rings is 1. The number of amides is 1. The van der Waals surface area contributed by atoms with Crippen molar-refractivity contribution in [2.75, 3.05) is 19.3 Å². The van der Waals surface area contributed by atoms with Gasteiger partial charge in [-0.15, -0.1) is 0 Å². The number of aromatic nitrogens is 1. The van der Waals surface area contributed by atoms with Gasteiger partial charge in [0.05, 0.1) is 16.6 Å². The topological polar surface area (TPSA) is 109 Å². The van der Waals surface area contributed by atoms with Gasteiger partial charge in [-0.2, -0.15) is 0 Å². The zero-order chi connectivity index (χ0) is 17.3. The largest absolute Gasteiger partial charge is 0.481 e. The Labute approximate surface area is 143 Å². The number of thiazole rings is 1. The van der Waals surface area contributed by atoms with E-state index < -0.39 is 5.97 Å². The average molecular weight is 348 g/mol. The predicted molar refractivity (Wildman–Crippen MR) is 93.2 cm³/mol. The number of carbonyl (C=O) groups excluding carboxylic acids is 1. The third-order valence-corrected chi connectivity index (χ3v) is 5.43. The third kappa shape index (κ3) is 3.49. The molecule has 1 saturated heterocycles. The number of nitrogens with one attached hydrogen (secondary N) is 1. The standard InChI is InChI=1S/C16H20N4O3S/c1-20-10(7-14(21)22)3-4-11(20)8-18-15(23)9-2-5-13-12(6-9)19-16(17)24-13/h2,5-6,10-11H,3-4,7-8H2,1H3,(H2,17,19)(H,18,23)(H,21,22)/t10-,11+/m1/s1. The summed E-state index contributed by atoms with van der Waals surface area (Å²) in [6.45, 7) is 0.503. The Hall–Kier alpha value is -2.19. The highest BCUT2D eigenvalue weighted by Crippen LogP contribution is 2.25. The number of hydrogen-bond acceptors (Lipinski definition) is 6. The monoisotopic (exact) mass is 348 g/mol. The first-order valence-electron chi connectivity index (χ1n) is 7.82. The third-order valence-electron chi connectivity index (χ3n) is 4.56. The SMILES string of the molecule is CN1[C@@H](CC(=O)O)CC[C@H]1CNC(=O)c1ccc2sc(N)nc2c1. The molecule has 0 saturated carbocycles. The Morgan fingerprint density at radius 3 is 2.92 bits per heavy atom. The Kier molecular flexibility index (Phi) is 4.68. The fourth-order valence-electron chi connectivity index (χ4n) is 3.18. The van der Waals surface area contributed by atoms with Crippen molar-refractivity contribution in [1.82, 2.24) is 15.2 Å². The van der Waals surface area contributed by atoms with Gasteiger partial charge >= 0.3 is 5.97 Å². The summed E-state index contributed by atoms with van der Waals surface area (Å²) < 4.78 is 0.955. The highest BCUT2D eigenvalue weighted by molar-refractivity contribution is 7.22. The zero-order valence-electron chi connectivity index (χ0n) is 13.4. The molecule has 128 valence electrons. The Morgan fingerprint density at radius 2 is 2.17 bits per heavy atom. The lowest BCUT2D eigenvalue weighted by Crippen LogP contribution is -2.41. The van der Waals surface area contributed by atoms with E-state index >= 15 is 0 Å². The molecule has 1 amide bonds. The Balaban J connectivity index is 1.59. The van der Waals surface area contributed by atoms with E-state index in [0.717, 1.165) is 23.1 Å². The fraction of sp³-hybridized carbons (Fsp3) is 0.438. The highest BCUT2D eigenvalue weighted by atomic mass is 32.1. The van der Waals surface area contributed by atoms with E-state index in [1.165, 1.54) is 11.3 Å². The second-order valence-corrected chi connectivity index (χ2v) is 7.16. The zero-order valence-corrected chi connectivity index (χ0v) is 14.2. The van der Waals surface area contributed by atoms with Crippen LogP contribution >= 0.6 is 11.3 Å². The molecule has 4 N–H and O–H groups in total. The number of fused-ring (bicyclic) bond motifs is 1. The van der Waals surface area contributed by atoms with Crippen molar-refractivity contribution in [3.8, 4) is 0 Å². The summed E-state index contributed by atoms with van der Waals surface area (Å²) in [5.74, 6) is -0.939. The second-order valence-electron chi connectivity index (χ2n) is 6.09. The van der Waals surface area contributed by atoms with Crippen LogP contribution in [0.3, 0.4) is 0 Å². The first-order chi connectivity index (χ1) is 11.4. The quantitative estimate of drug-likeness (QED) is 0.756. The molecule has 2 aromatic rings. The number of aliphatic carboxylic acids is 1. The van der Waals surface area contributed by atoms with Crippen molar-refractivity contribution in [2.24, 2.45) is 0 Å². The van der Waals surface area contributed by atoms with E-state index in [9.17, 15) is 9.59 Å². The maximum absolute atomic E-state index is 12.3. The molecular formula is C16H20N4O3S. The lowest BCUT2D eigenvalue weighted by atomic mass is 10.1. The van der Waals surface area contributed by atoms with E-state index in [2.05, 4.69) is 15.2 Å². The molecule has 3 rings (SSSR count). The normalized spacial score (nSPS) is 21.2. The lowest BCUT2D eigenvalue weighted by molar-refractivity contribution is -0.138. The van der Waals surface area contributed by atoms with Crippen LogP contribution in [0.5, 0.6) is 0 Å². The number of carboxylic acid groups (broad SMARTS) is 1. The van der Waals surface area contributed by atoms with Crippen LogP contribution in [0.4, 0.5) is 5.13 Å². The van der Waals surface area contributed by atoms with Crippen molar-refractivity contribution >= 4 is 38.6 Å². The van der Waals surface area contributed by atoms with Crippen molar-refractivity contribution < 1.29 is 14.7 Å². The average Bonchev–Trinajstić information content (AvgIpc) is 3.06. The van der Waals surface area contributed by atoms with E-state index in [1.807, 2.05) is 13.1 Å². The van der Waals surface area contributed by atoms with Crippen LogP contribution in [0.25, 0.3) is 10.2 Å². The summed E-state index contributed by atoms with van der Waals surface area (Å²) >= 11 is 1.39. The van der Waals surface area contributed by atoms with Crippen LogP contribution in [0.1, 0.15) is 29.6 Å². The smallest absolute Gasteiger partial charge is 0.304 e. The molecule has 7 nitrogen and oxygen atoms in total. The molecule has 0 unspecified atom stereocenters. The Bertz CT molecular complexity index is 776. The van der Waals surface area contributed by atoms with E-state index in [4.69, 9.17) is 10.8 Å². The molecule has 0 spiro atoms.